The van der Waals surface area contributed by atoms with Crippen LogP contribution in [0.2, 0.25) is 0 Å². The maximum atomic E-state index is 12.1. The fourth-order valence-corrected chi connectivity index (χ4v) is 1.82. The number of ether oxygens (including phenoxy) is 1. The van der Waals surface area contributed by atoms with Crippen molar-refractivity contribution >= 4 is 23.0 Å². The molecule has 0 atom stereocenters. The Balaban J connectivity index is 2.13. The van der Waals surface area contributed by atoms with E-state index in [1.165, 1.54) is 11.1 Å². The van der Waals surface area contributed by atoms with Crippen LogP contribution in [0.4, 0.5) is 16.2 Å². The van der Waals surface area contributed by atoms with Gasteiger partial charge in [0.05, 0.1) is 0 Å². The topological polar surface area (TPSA) is 120 Å². The first-order valence-electron chi connectivity index (χ1n) is 7.47. The van der Waals surface area contributed by atoms with Gasteiger partial charge in [-0.1, -0.05) is 6.07 Å². The number of amides is 1. The zero-order valence-corrected chi connectivity index (χ0v) is 14.4. The fraction of sp³-hybridized carbons (Fsp3) is 0.312. The van der Waals surface area contributed by atoms with E-state index in [2.05, 4.69) is 25.9 Å². The predicted octanol–water partition coefficient (Wildman–Crippen LogP) is 2.55. The summed E-state index contributed by atoms with van der Waals surface area (Å²) in [6.07, 6.45) is 1.02. The van der Waals surface area contributed by atoms with Crippen LogP contribution in [0.25, 0.3) is 5.57 Å². The van der Waals surface area contributed by atoms with E-state index < -0.39 is 11.7 Å². The molecule has 1 amide bonds. The van der Waals surface area contributed by atoms with Gasteiger partial charge < -0.3 is 10.1 Å². The molecule has 1 aromatic carbocycles. The van der Waals surface area contributed by atoms with Crippen LogP contribution in [0.15, 0.2) is 30.5 Å². The number of carbonyl (C=O) groups excluding carboxylic acids is 1. The van der Waals surface area contributed by atoms with Crippen LogP contribution in [-0.4, -0.2) is 39.4 Å². The lowest BCUT2D eigenvalue weighted by molar-refractivity contribution is 0.0589. The quantitative estimate of drug-likeness (QED) is 0.820. The maximum absolute atomic E-state index is 12.1. The van der Waals surface area contributed by atoms with E-state index in [4.69, 9.17) is 10.00 Å². The molecule has 0 fully saturated rings. The van der Waals surface area contributed by atoms with Gasteiger partial charge in [0.15, 0.2) is 0 Å². The van der Waals surface area contributed by atoms with Crippen LogP contribution in [0.1, 0.15) is 26.6 Å². The number of tetrazole rings is 1. The van der Waals surface area contributed by atoms with Gasteiger partial charge in [-0.3, -0.25) is 4.90 Å². The molecule has 0 bridgehead atoms. The number of aromatic amines is 1. The third-order valence-corrected chi connectivity index (χ3v) is 2.99. The molecule has 130 valence electrons. The van der Waals surface area contributed by atoms with Gasteiger partial charge in [-0.2, -0.15) is 10.5 Å². The molecule has 0 saturated heterocycles. The zero-order chi connectivity index (χ0) is 18.4. The minimum Gasteiger partial charge on any atom is -0.443 e. The molecule has 0 aliphatic heterocycles. The van der Waals surface area contributed by atoms with Crippen molar-refractivity contribution in [1.29, 1.82) is 5.26 Å². The van der Waals surface area contributed by atoms with Crippen molar-refractivity contribution in [2.24, 2.45) is 0 Å². The summed E-state index contributed by atoms with van der Waals surface area (Å²) in [6.45, 7) is 5.43. The number of allylic oxidation sites excluding steroid dienone is 1. The highest BCUT2D eigenvalue weighted by Gasteiger charge is 2.20. The molecular weight excluding hydrogens is 322 g/mol. The molecule has 1 heterocycles. The van der Waals surface area contributed by atoms with E-state index in [0.29, 0.717) is 11.4 Å². The van der Waals surface area contributed by atoms with Gasteiger partial charge in [0, 0.05) is 24.6 Å². The molecule has 0 spiro atoms. The number of aromatic nitrogens is 4. The number of nitrogens with one attached hydrogen (secondary N) is 2. The molecule has 9 nitrogen and oxygen atoms in total. The lowest BCUT2D eigenvalue weighted by atomic mass is 10.2. The first-order chi connectivity index (χ1) is 11.8. The van der Waals surface area contributed by atoms with E-state index in [1.54, 1.807) is 31.3 Å². The summed E-state index contributed by atoms with van der Waals surface area (Å²) in [5, 5.41) is 25.3. The third-order valence-electron chi connectivity index (χ3n) is 2.99. The van der Waals surface area contributed by atoms with Crippen molar-refractivity contribution in [3.8, 4) is 6.07 Å². The van der Waals surface area contributed by atoms with Gasteiger partial charge in [-0.05, 0) is 44.2 Å². The van der Waals surface area contributed by atoms with Gasteiger partial charge in [-0.25, -0.2) is 4.79 Å². The second-order valence-electron chi connectivity index (χ2n) is 6.14. The SMILES string of the molecule is CN(C(=O)OC(C)(C)C)c1cccc(NC=C(C#N)c2nn[nH]n2)c1. The molecule has 0 aliphatic carbocycles. The summed E-state index contributed by atoms with van der Waals surface area (Å²) in [4.78, 5) is 13.5. The van der Waals surface area contributed by atoms with Crippen molar-refractivity contribution < 1.29 is 9.53 Å². The van der Waals surface area contributed by atoms with Gasteiger partial charge in [0.25, 0.3) is 0 Å². The van der Waals surface area contributed by atoms with Crippen LogP contribution in [0.5, 0.6) is 0 Å². The van der Waals surface area contributed by atoms with Crippen LogP contribution in [0, 0.1) is 11.3 Å². The van der Waals surface area contributed by atoms with Gasteiger partial charge in [0.2, 0.25) is 5.82 Å². The molecule has 25 heavy (non-hydrogen) atoms. The van der Waals surface area contributed by atoms with Crippen LogP contribution < -0.4 is 10.2 Å². The Hall–Kier alpha value is -3.41. The van der Waals surface area contributed by atoms with Crippen molar-refractivity contribution in [2.75, 3.05) is 17.3 Å². The minimum atomic E-state index is -0.573. The summed E-state index contributed by atoms with van der Waals surface area (Å²) in [5.41, 5.74) is 0.977. The standard InChI is InChI=1S/C16H19N7O2/c1-16(2,3)25-15(24)23(4)13-7-5-6-12(8-13)18-10-11(9-17)14-19-21-22-20-14/h5-8,10,18H,1-4H3,(H,19,20,21,22). The molecular formula is C16H19N7O2. The van der Waals surface area contributed by atoms with Crippen LogP contribution in [-0.2, 0) is 4.74 Å². The average Bonchev–Trinajstić information content (AvgIpc) is 3.08. The van der Waals surface area contributed by atoms with Crippen LogP contribution >= 0.6 is 0 Å². The van der Waals surface area contributed by atoms with Crippen molar-refractivity contribution in [3.05, 3.63) is 36.3 Å². The first kappa shape index (κ1) is 17.9. The smallest absolute Gasteiger partial charge is 0.414 e. The summed E-state index contributed by atoms with van der Waals surface area (Å²) >= 11 is 0. The molecule has 9 heteroatoms. The Morgan fingerprint density at radius 3 is 2.80 bits per heavy atom. The predicted molar refractivity (Wildman–Crippen MR) is 92.5 cm³/mol. The van der Waals surface area contributed by atoms with Crippen molar-refractivity contribution in [2.45, 2.75) is 26.4 Å². The third kappa shape index (κ3) is 5.04. The highest BCUT2D eigenvalue weighted by molar-refractivity contribution is 5.88. The lowest BCUT2D eigenvalue weighted by Gasteiger charge is -2.24. The Bertz CT molecular complexity index is 801. The Morgan fingerprint density at radius 2 is 2.20 bits per heavy atom. The van der Waals surface area contributed by atoms with E-state index in [-0.39, 0.29) is 11.4 Å². The molecule has 2 N–H and O–H groups in total. The monoisotopic (exact) mass is 341 g/mol. The fourth-order valence-electron chi connectivity index (χ4n) is 1.82. The maximum Gasteiger partial charge on any atom is 0.414 e. The largest absolute Gasteiger partial charge is 0.443 e. The number of benzene rings is 1. The minimum absolute atomic E-state index is 0.192. The number of nitrogens with zero attached hydrogens (tertiary/aromatic N) is 5. The second kappa shape index (κ2) is 7.44. The molecule has 2 rings (SSSR count). The second-order valence-corrected chi connectivity index (χ2v) is 6.14. The Kier molecular flexibility index (Phi) is 5.34. The highest BCUT2D eigenvalue weighted by atomic mass is 16.6. The normalized spacial score (nSPS) is 11.6. The van der Waals surface area contributed by atoms with E-state index >= 15 is 0 Å². The Morgan fingerprint density at radius 1 is 1.44 bits per heavy atom. The number of anilines is 2. The number of hydrogen-bond donors (Lipinski definition) is 2. The highest BCUT2D eigenvalue weighted by Crippen LogP contribution is 2.21. The summed E-state index contributed by atoms with van der Waals surface area (Å²) < 4.78 is 5.34. The molecule has 0 aliphatic rings. The van der Waals surface area contributed by atoms with Crippen molar-refractivity contribution in [1.82, 2.24) is 20.6 Å². The zero-order valence-electron chi connectivity index (χ0n) is 14.4. The summed E-state index contributed by atoms with van der Waals surface area (Å²) in [5.74, 6) is 0.192. The molecule has 0 radical (unpaired) electrons. The summed E-state index contributed by atoms with van der Waals surface area (Å²) in [7, 11) is 1.63. The van der Waals surface area contributed by atoms with E-state index in [1.807, 2.05) is 26.8 Å². The molecule has 0 unspecified atom stereocenters. The number of hydrogen-bond acceptors (Lipinski definition) is 7. The van der Waals surface area contributed by atoms with Gasteiger partial charge in [0.1, 0.15) is 17.2 Å². The van der Waals surface area contributed by atoms with Crippen molar-refractivity contribution in [3.63, 3.8) is 0 Å². The summed E-state index contributed by atoms with van der Waals surface area (Å²) in [6, 6.07) is 9.11. The number of nitriles is 1. The van der Waals surface area contributed by atoms with E-state index in [9.17, 15) is 4.79 Å². The molecule has 2 aromatic rings. The van der Waals surface area contributed by atoms with Crippen LogP contribution in [0.3, 0.4) is 0 Å². The number of rotatable bonds is 4. The molecule has 0 saturated carbocycles. The van der Waals surface area contributed by atoms with Gasteiger partial charge >= 0.3 is 6.09 Å². The first-order valence-corrected chi connectivity index (χ1v) is 7.47. The van der Waals surface area contributed by atoms with E-state index in [0.717, 1.165) is 0 Å². The average molecular weight is 341 g/mol. The number of carbonyl (C=O) groups is 1. The lowest BCUT2D eigenvalue weighted by Crippen LogP contribution is -2.34. The number of H-pyrrole nitrogens is 1. The van der Waals surface area contributed by atoms with Gasteiger partial charge in [-0.15, -0.1) is 10.2 Å². The Labute approximate surface area is 145 Å². The molecule has 1 aromatic heterocycles.